The average Bonchev–Trinajstić information content (AvgIpc) is 3.24. The summed E-state index contributed by atoms with van der Waals surface area (Å²) in [6.45, 7) is 7.84. The predicted molar refractivity (Wildman–Crippen MR) is 101 cm³/mol. The Morgan fingerprint density at radius 2 is 1.61 bits per heavy atom. The van der Waals surface area contributed by atoms with E-state index >= 15 is 0 Å². The number of sulfone groups is 1. The summed E-state index contributed by atoms with van der Waals surface area (Å²) in [5, 5.41) is 0. The van der Waals surface area contributed by atoms with Gasteiger partial charge in [-0.05, 0) is 46.2 Å². The Bertz CT molecular complexity index is 805. The Labute approximate surface area is 166 Å². The zero-order chi connectivity index (χ0) is 20.2. The number of ether oxygens (including phenoxy) is 5. The van der Waals surface area contributed by atoms with Crippen LogP contribution in [0, 0.1) is 0 Å². The second-order valence-corrected chi connectivity index (χ2v) is 10.6. The summed E-state index contributed by atoms with van der Waals surface area (Å²) >= 11 is 0. The van der Waals surface area contributed by atoms with Gasteiger partial charge in [0.15, 0.2) is 21.4 Å². The lowest BCUT2D eigenvalue weighted by atomic mass is 10.0. The van der Waals surface area contributed by atoms with Gasteiger partial charge in [0.2, 0.25) is 0 Å². The van der Waals surface area contributed by atoms with E-state index in [-0.39, 0.29) is 36.3 Å². The van der Waals surface area contributed by atoms with Gasteiger partial charge in [-0.2, -0.15) is 0 Å². The van der Waals surface area contributed by atoms with Crippen LogP contribution in [0.15, 0.2) is 35.2 Å². The van der Waals surface area contributed by atoms with Crippen molar-refractivity contribution in [2.75, 3.05) is 12.4 Å². The molecule has 8 heteroatoms. The lowest BCUT2D eigenvalue weighted by molar-refractivity contribution is -0.206. The van der Waals surface area contributed by atoms with Gasteiger partial charge in [-0.1, -0.05) is 18.2 Å². The van der Waals surface area contributed by atoms with Crippen LogP contribution in [0.25, 0.3) is 0 Å². The molecule has 3 aliphatic heterocycles. The fraction of sp³-hybridized carbons (Fsp3) is 0.700. The van der Waals surface area contributed by atoms with Crippen LogP contribution in [0.2, 0.25) is 0 Å². The van der Waals surface area contributed by atoms with Gasteiger partial charge in [0.05, 0.1) is 23.4 Å². The smallest absolute Gasteiger partial charge is 0.178 e. The minimum atomic E-state index is -3.39. The Morgan fingerprint density at radius 1 is 0.929 bits per heavy atom. The fourth-order valence-electron chi connectivity index (χ4n) is 4.14. The first-order valence-corrected chi connectivity index (χ1v) is 11.3. The van der Waals surface area contributed by atoms with Crippen molar-refractivity contribution >= 4 is 9.84 Å². The number of fused-ring (bicyclic) bond motifs is 1. The van der Waals surface area contributed by atoms with Crippen molar-refractivity contribution in [3.63, 3.8) is 0 Å². The highest BCUT2D eigenvalue weighted by Crippen LogP contribution is 2.43. The topological polar surface area (TPSA) is 80.3 Å². The van der Waals surface area contributed by atoms with E-state index in [1.54, 1.807) is 30.3 Å². The Hall–Kier alpha value is -1.03. The van der Waals surface area contributed by atoms with Crippen molar-refractivity contribution < 1.29 is 32.1 Å². The maximum atomic E-state index is 12.7. The lowest BCUT2D eigenvalue weighted by Gasteiger charge is -2.27. The number of hydrogen-bond donors (Lipinski definition) is 0. The van der Waals surface area contributed by atoms with Gasteiger partial charge in [0.25, 0.3) is 0 Å². The molecule has 0 aliphatic carbocycles. The molecule has 1 aromatic carbocycles. The minimum absolute atomic E-state index is 0.0189. The molecule has 0 saturated carbocycles. The molecule has 0 aromatic heterocycles. The van der Waals surface area contributed by atoms with E-state index in [9.17, 15) is 8.42 Å². The zero-order valence-corrected chi connectivity index (χ0v) is 17.5. The molecular formula is C20H28O7S. The van der Waals surface area contributed by atoms with E-state index in [2.05, 4.69) is 0 Å². The van der Waals surface area contributed by atoms with E-state index < -0.39 is 21.4 Å². The molecule has 1 unspecified atom stereocenters. The molecule has 5 atom stereocenters. The molecule has 4 rings (SSSR count). The van der Waals surface area contributed by atoms with Crippen LogP contribution in [0.3, 0.4) is 0 Å². The number of rotatable bonds is 5. The third-order valence-electron chi connectivity index (χ3n) is 5.36. The van der Waals surface area contributed by atoms with Gasteiger partial charge < -0.3 is 23.7 Å². The first kappa shape index (κ1) is 20.3. The maximum absolute atomic E-state index is 12.7. The monoisotopic (exact) mass is 412 g/mol. The Kier molecular flexibility index (Phi) is 5.09. The van der Waals surface area contributed by atoms with Gasteiger partial charge in [0, 0.05) is 0 Å². The average molecular weight is 413 g/mol. The third-order valence-corrected chi connectivity index (χ3v) is 7.12. The Balaban J connectivity index is 1.48. The van der Waals surface area contributed by atoms with Crippen LogP contribution in [0.1, 0.15) is 34.1 Å². The minimum Gasteiger partial charge on any atom is -0.367 e. The Morgan fingerprint density at radius 3 is 2.25 bits per heavy atom. The molecule has 0 bridgehead atoms. The summed E-state index contributed by atoms with van der Waals surface area (Å²) in [4.78, 5) is 0.319. The SMILES string of the molecule is CC1(C)OC[C@H]([C@H]2OC(CCS(=O)(=O)c3ccccc3)[C@@H]3OC(C)(C)O[C@H]23)O1. The van der Waals surface area contributed by atoms with Crippen LogP contribution in [-0.4, -0.2) is 62.9 Å². The van der Waals surface area contributed by atoms with E-state index in [0.717, 1.165) is 0 Å². The highest BCUT2D eigenvalue weighted by atomic mass is 32.2. The van der Waals surface area contributed by atoms with Crippen LogP contribution < -0.4 is 0 Å². The molecule has 3 aliphatic rings. The molecule has 3 saturated heterocycles. The van der Waals surface area contributed by atoms with Crippen molar-refractivity contribution in [3.05, 3.63) is 30.3 Å². The van der Waals surface area contributed by atoms with Crippen molar-refractivity contribution in [3.8, 4) is 0 Å². The molecule has 156 valence electrons. The van der Waals surface area contributed by atoms with E-state index in [0.29, 0.717) is 17.9 Å². The molecule has 0 N–H and O–H groups in total. The maximum Gasteiger partial charge on any atom is 0.178 e. The van der Waals surface area contributed by atoms with Crippen LogP contribution in [0.5, 0.6) is 0 Å². The summed E-state index contributed by atoms with van der Waals surface area (Å²) in [7, 11) is -3.39. The molecular weight excluding hydrogens is 384 g/mol. The molecule has 3 heterocycles. The van der Waals surface area contributed by atoms with E-state index in [1.165, 1.54) is 0 Å². The first-order chi connectivity index (χ1) is 13.1. The van der Waals surface area contributed by atoms with Crippen molar-refractivity contribution in [1.82, 2.24) is 0 Å². The van der Waals surface area contributed by atoms with Crippen molar-refractivity contribution in [1.29, 1.82) is 0 Å². The normalized spacial score (nSPS) is 36.5. The highest BCUT2D eigenvalue weighted by molar-refractivity contribution is 7.91. The van der Waals surface area contributed by atoms with Crippen molar-refractivity contribution in [2.24, 2.45) is 0 Å². The molecule has 0 amide bonds. The molecule has 7 nitrogen and oxygen atoms in total. The van der Waals surface area contributed by atoms with Gasteiger partial charge >= 0.3 is 0 Å². The van der Waals surface area contributed by atoms with Crippen LogP contribution in [-0.2, 0) is 33.5 Å². The molecule has 28 heavy (non-hydrogen) atoms. The van der Waals surface area contributed by atoms with Crippen LogP contribution in [0.4, 0.5) is 0 Å². The zero-order valence-electron chi connectivity index (χ0n) is 16.7. The van der Waals surface area contributed by atoms with Gasteiger partial charge in [-0.15, -0.1) is 0 Å². The number of hydrogen-bond acceptors (Lipinski definition) is 7. The second kappa shape index (κ2) is 7.04. The molecule has 3 fully saturated rings. The first-order valence-electron chi connectivity index (χ1n) is 9.67. The second-order valence-electron chi connectivity index (χ2n) is 8.49. The molecule has 0 radical (unpaired) electrons. The summed E-state index contributed by atoms with van der Waals surface area (Å²) in [5.74, 6) is -1.44. The predicted octanol–water partition coefficient (Wildman–Crippen LogP) is 2.29. The van der Waals surface area contributed by atoms with Gasteiger partial charge in [-0.25, -0.2) is 8.42 Å². The fourth-order valence-corrected chi connectivity index (χ4v) is 5.49. The summed E-state index contributed by atoms with van der Waals surface area (Å²) in [6.07, 6.45) is -1.36. The van der Waals surface area contributed by atoms with Crippen molar-refractivity contribution in [2.45, 2.75) is 81.1 Å². The summed E-state index contributed by atoms with van der Waals surface area (Å²) in [5.41, 5.74) is 0. The summed E-state index contributed by atoms with van der Waals surface area (Å²) in [6, 6.07) is 8.47. The molecule has 0 spiro atoms. The van der Waals surface area contributed by atoms with Crippen LogP contribution >= 0.6 is 0 Å². The quantitative estimate of drug-likeness (QED) is 0.734. The third kappa shape index (κ3) is 3.99. The van der Waals surface area contributed by atoms with E-state index in [4.69, 9.17) is 23.7 Å². The highest BCUT2D eigenvalue weighted by Gasteiger charge is 2.58. The standard InChI is InChI=1S/C20H28O7S/c1-19(2)23-12-15(25-19)16-18-17(26-20(3,4)27-18)14(24-16)10-11-28(21,22)13-8-6-5-7-9-13/h5-9,14-18H,10-12H2,1-4H3/t14?,15-,16-,17+,18-/m1/s1. The van der Waals surface area contributed by atoms with E-state index in [1.807, 2.05) is 27.7 Å². The molecule has 1 aromatic rings. The lowest BCUT2D eigenvalue weighted by Crippen LogP contribution is -2.40. The largest absolute Gasteiger partial charge is 0.367 e. The van der Waals surface area contributed by atoms with Gasteiger partial charge in [0.1, 0.15) is 24.4 Å². The number of benzene rings is 1. The summed E-state index contributed by atoms with van der Waals surface area (Å²) < 4.78 is 55.3. The van der Waals surface area contributed by atoms with Gasteiger partial charge in [-0.3, -0.25) is 0 Å².